The van der Waals surface area contributed by atoms with Gasteiger partial charge in [-0.05, 0) is 18.6 Å². The van der Waals surface area contributed by atoms with E-state index in [9.17, 15) is 5.11 Å². The van der Waals surface area contributed by atoms with E-state index in [-0.39, 0.29) is 19.3 Å². The van der Waals surface area contributed by atoms with E-state index >= 15 is 0 Å². The second kappa shape index (κ2) is 8.32. The van der Waals surface area contributed by atoms with Crippen LogP contribution in [0.4, 0.5) is 0 Å². The fraction of sp³-hybridized carbons (Fsp3) is 0.538. The predicted octanol–water partition coefficient (Wildman–Crippen LogP) is 1.44. The van der Waals surface area contributed by atoms with Crippen LogP contribution >= 0.6 is 11.6 Å². The molecule has 1 aromatic rings. The summed E-state index contributed by atoms with van der Waals surface area (Å²) in [7, 11) is 0. The van der Waals surface area contributed by atoms with E-state index in [0.29, 0.717) is 17.3 Å². The molecule has 1 rings (SSSR count). The number of rotatable bonds is 8. The molecule has 0 saturated heterocycles. The Balaban J connectivity index is 2.29. The van der Waals surface area contributed by atoms with Gasteiger partial charge < -0.3 is 20.3 Å². The molecule has 0 unspecified atom stereocenters. The number of aliphatic hydroxyl groups is 2. The average Bonchev–Trinajstić information content (AvgIpc) is 2.39. The largest absolute Gasteiger partial charge is 0.489 e. The summed E-state index contributed by atoms with van der Waals surface area (Å²) in [6, 6.07) is 7.15. The average molecular weight is 274 g/mol. The molecular weight excluding hydrogens is 254 g/mol. The first-order chi connectivity index (χ1) is 8.67. The molecule has 2 atom stereocenters. The molecule has 1 aromatic carbocycles. The van der Waals surface area contributed by atoms with Crippen LogP contribution in [0.15, 0.2) is 24.3 Å². The molecule has 0 aliphatic rings. The number of para-hydroxylation sites is 1. The molecule has 0 bridgehead atoms. The number of nitrogens with one attached hydrogen (secondary N) is 1. The molecule has 5 heteroatoms. The van der Waals surface area contributed by atoms with E-state index in [1.54, 1.807) is 12.1 Å². The number of aliphatic hydroxyl groups excluding tert-OH is 2. The van der Waals surface area contributed by atoms with Crippen LogP contribution in [-0.2, 0) is 0 Å². The van der Waals surface area contributed by atoms with Crippen molar-refractivity contribution in [1.29, 1.82) is 0 Å². The molecule has 0 spiro atoms. The van der Waals surface area contributed by atoms with Crippen LogP contribution in [0.2, 0.25) is 5.02 Å². The molecule has 0 radical (unpaired) electrons. The van der Waals surface area contributed by atoms with E-state index in [1.165, 1.54) is 0 Å². The minimum Gasteiger partial charge on any atom is -0.489 e. The van der Waals surface area contributed by atoms with Gasteiger partial charge in [0.15, 0.2) is 0 Å². The Morgan fingerprint density at radius 3 is 2.72 bits per heavy atom. The number of ether oxygens (including phenoxy) is 1. The van der Waals surface area contributed by atoms with Gasteiger partial charge in [0, 0.05) is 12.6 Å². The smallest absolute Gasteiger partial charge is 0.138 e. The Kier molecular flexibility index (Phi) is 7.05. The number of benzene rings is 1. The zero-order chi connectivity index (χ0) is 13.4. The van der Waals surface area contributed by atoms with E-state index in [2.05, 4.69) is 5.32 Å². The summed E-state index contributed by atoms with van der Waals surface area (Å²) < 4.78 is 5.41. The zero-order valence-corrected chi connectivity index (χ0v) is 11.2. The van der Waals surface area contributed by atoms with Crippen LogP contribution in [0.1, 0.15) is 13.3 Å². The number of hydrogen-bond acceptors (Lipinski definition) is 4. The van der Waals surface area contributed by atoms with Gasteiger partial charge in [0.2, 0.25) is 0 Å². The molecule has 102 valence electrons. The third kappa shape index (κ3) is 5.23. The summed E-state index contributed by atoms with van der Waals surface area (Å²) in [5.74, 6) is 0.562. The molecular formula is C13H20ClNO3. The van der Waals surface area contributed by atoms with Crippen LogP contribution in [0.5, 0.6) is 5.75 Å². The third-order valence-corrected chi connectivity index (χ3v) is 2.94. The summed E-state index contributed by atoms with van der Waals surface area (Å²) in [5, 5.41) is 22.3. The van der Waals surface area contributed by atoms with Crippen molar-refractivity contribution in [3.8, 4) is 5.75 Å². The van der Waals surface area contributed by atoms with Gasteiger partial charge >= 0.3 is 0 Å². The van der Waals surface area contributed by atoms with E-state index < -0.39 is 6.10 Å². The van der Waals surface area contributed by atoms with Crippen molar-refractivity contribution >= 4 is 11.6 Å². The van der Waals surface area contributed by atoms with Crippen molar-refractivity contribution in [3.63, 3.8) is 0 Å². The van der Waals surface area contributed by atoms with E-state index in [4.69, 9.17) is 21.4 Å². The topological polar surface area (TPSA) is 61.7 Å². The van der Waals surface area contributed by atoms with Gasteiger partial charge in [0.1, 0.15) is 18.5 Å². The molecule has 0 amide bonds. The minimum absolute atomic E-state index is 0.0139. The Labute approximate surface area is 113 Å². The summed E-state index contributed by atoms with van der Waals surface area (Å²) in [6.45, 7) is 2.58. The van der Waals surface area contributed by atoms with Crippen molar-refractivity contribution in [1.82, 2.24) is 5.32 Å². The lowest BCUT2D eigenvalue weighted by Gasteiger charge is -2.18. The van der Waals surface area contributed by atoms with E-state index in [1.807, 2.05) is 19.1 Å². The Morgan fingerprint density at radius 1 is 1.39 bits per heavy atom. The van der Waals surface area contributed by atoms with Gasteiger partial charge in [-0.25, -0.2) is 0 Å². The fourth-order valence-corrected chi connectivity index (χ4v) is 1.64. The van der Waals surface area contributed by atoms with Gasteiger partial charge in [-0.3, -0.25) is 0 Å². The Bertz CT molecular complexity index is 345. The van der Waals surface area contributed by atoms with Gasteiger partial charge in [0.05, 0.1) is 11.6 Å². The monoisotopic (exact) mass is 273 g/mol. The lowest BCUT2D eigenvalue weighted by molar-refractivity contribution is 0.0995. The maximum Gasteiger partial charge on any atom is 0.138 e. The van der Waals surface area contributed by atoms with Gasteiger partial charge in [-0.15, -0.1) is 0 Å². The van der Waals surface area contributed by atoms with Gasteiger partial charge in [-0.2, -0.15) is 0 Å². The standard InChI is InChI=1S/C13H20ClNO3/c1-2-10(8-16)15-7-11(17)9-18-13-6-4-3-5-12(13)14/h3-6,10-11,15-17H,2,7-9H2,1H3/t10-,11+/m1/s1. The normalized spacial score (nSPS) is 14.2. The molecule has 0 fully saturated rings. The van der Waals surface area contributed by atoms with Crippen molar-refractivity contribution in [3.05, 3.63) is 29.3 Å². The van der Waals surface area contributed by atoms with Crippen molar-refractivity contribution in [2.24, 2.45) is 0 Å². The molecule has 0 aliphatic heterocycles. The summed E-state index contributed by atoms with van der Waals surface area (Å²) in [6.07, 6.45) is 0.177. The lowest BCUT2D eigenvalue weighted by Crippen LogP contribution is -2.39. The first-order valence-corrected chi connectivity index (χ1v) is 6.44. The van der Waals surface area contributed by atoms with Crippen molar-refractivity contribution < 1.29 is 14.9 Å². The second-order valence-electron chi connectivity index (χ2n) is 4.09. The molecule has 3 N–H and O–H groups in total. The van der Waals surface area contributed by atoms with Crippen LogP contribution < -0.4 is 10.1 Å². The van der Waals surface area contributed by atoms with E-state index in [0.717, 1.165) is 6.42 Å². The van der Waals surface area contributed by atoms with Gasteiger partial charge in [0.25, 0.3) is 0 Å². The maximum absolute atomic E-state index is 9.73. The van der Waals surface area contributed by atoms with Crippen molar-refractivity contribution in [2.45, 2.75) is 25.5 Å². The first-order valence-electron chi connectivity index (χ1n) is 6.07. The predicted molar refractivity (Wildman–Crippen MR) is 72.1 cm³/mol. The Hall–Kier alpha value is -0.810. The highest BCUT2D eigenvalue weighted by molar-refractivity contribution is 6.32. The maximum atomic E-state index is 9.73. The summed E-state index contributed by atoms with van der Waals surface area (Å²) in [4.78, 5) is 0. The Morgan fingerprint density at radius 2 is 2.11 bits per heavy atom. The SMILES string of the molecule is CC[C@H](CO)NC[C@H](O)COc1ccccc1Cl. The zero-order valence-electron chi connectivity index (χ0n) is 10.5. The van der Waals surface area contributed by atoms with Crippen molar-refractivity contribution in [2.75, 3.05) is 19.8 Å². The summed E-state index contributed by atoms with van der Waals surface area (Å²) in [5.41, 5.74) is 0. The highest BCUT2D eigenvalue weighted by atomic mass is 35.5. The summed E-state index contributed by atoms with van der Waals surface area (Å²) >= 11 is 5.92. The molecule has 0 aromatic heterocycles. The quantitative estimate of drug-likeness (QED) is 0.671. The highest BCUT2D eigenvalue weighted by Crippen LogP contribution is 2.22. The number of hydrogen-bond donors (Lipinski definition) is 3. The molecule has 0 aliphatic carbocycles. The first kappa shape index (κ1) is 15.2. The van der Waals surface area contributed by atoms with Gasteiger partial charge in [-0.1, -0.05) is 30.7 Å². The third-order valence-electron chi connectivity index (χ3n) is 2.62. The van der Waals surface area contributed by atoms with Crippen LogP contribution in [0, 0.1) is 0 Å². The van der Waals surface area contributed by atoms with Crippen LogP contribution in [-0.4, -0.2) is 42.1 Å². The fourth-order valence-electron chi connectivity index (χ4n) is 1.45. The molecule has 0 heterocycles. The number of halogens is 1. The highest BCUT2D eigenvalue weighted by Gasteiger charge is 2.10. The molecule has 18 heavy (non-hydrogen) atoms. The lowest BCUT2D eigenvalue weighted by atomic mass is 10.2. The van der Waals surface area contributed by atoms with Crippen LogP contribution in [0.3, 0.4) is 0 Å². The minimum atomic E-state index is -0.637. The molecule has 0 saturated carbocycles. The second-order valence-corrected chi connectivity index (χ2v) is 4.50. The van der Waals surface area contributed by atoms with Crippen LogP contribution in [0.25, 0.3) is 0 Å². The molecule has 4 nitrogen and oxygen atoms in total.